The number of epoxide rings is 2. The number of ether oxygens (including phenoxy) is 2. The van der Waals surface area contributed by atoms with Gasteiger partial charge >= 0.3 is 6.03 Å². The molecule has 0 aromatic carbocycles. The maximum absolute atomic E-state index is 12.5. The van der Waals surface area contributed by atoms with E-state index < -0.39 is 5.54 Å². The van der Waals surface area contributed by atoms with Crippen molar-refractivity contribution in [2.75, 3.05) is 26.3 Å². The van der Waals surface area contributed by atoms with Gasteiger partial charge in [0.15, 0.2) is 0 Å². The highest BCUT2D eigenvalue weighted by Gasteiger charge is 2.53. The molecule has 0 bridgehead atoms. The van der Waals surface area contributed by atoms with Crippen molar-refractivity contribution in [3.8, 4) is 0 Å². The topological polar surface area (TPSA) is 82.8 Å². The Kier molecular flexibility index (Phi) is 3.49. The maximum Gasteiger partial charge on any atom is 0.327 e. The third-order valence-electron chi connectivity index (χ3n) is 4.27. The molecule has 3 rings (SSSR count). The minimum absolute atomic E-state index is 0.0303. The first kappa shape index (κ1) is 14.5. The molecule has 3 unspecified atom stereocenters. The van der Waals surface area contributed by atoms with E-state index in [1.54, 1.807) is 18.7 Å². The summed E-state index contributed by atoms with van der Waals surface area (Å²) >= 11 is 0. The molecule has 0 aliphatic carbocycles. The second-order valence-electron chi connectivity index (χ2n) is 6.41. The summed E-state index contributed by atoms with van der Waals surface area (Å²) < 4.78 is 10.3. The van der Waals surface area contributed by atoms with Crippen molar-refractivity contribution in [3.63, 3.8) is 0 Å². The van der Waals surface area contributed by atoms with Crippen LogP contribution < -0.4 is 0 Å². The number of urea groups is 1. The minimum atomic E-state index is -0.882. The van der Waals surface area contributed by atoms with E-state index >= 15 is 0 Å². The molecule has 0 radical (unpaired) electrons. The van der Waals surface area contributed by atoms with Crippen LogP contribution >= 0.6 is 0 Å². The van der Waals surface area contributed by atoms with Crippen molar-refractivity contribution < 1.29 is 23.9 Å². The molecule has 3 atom stereocenters. The van der Waals surface area contributed by atoms with Crippen LogP contribution in [0.15, 0.2) is 0 Å². The second-order valence-corrected chi connectivity index (χ2v) is 6.41. The fourth-order valence-corrected chi connectivity index (χ4v) is 2.71. The van der Waals surface area contributed by atoms with Crippen LogP contribution in [0.5, 0.6) is 0 Å². The number of carbonyl (C=O) groups excluding carboxylic acids is 3. The fraction of sp³-hybridized carbons (Fsp3) is 0.786. The van der Waals surface area contributed by atoms with Gasteiger partial charge in [-0.25, -0.2) is 4.79 Å². The maximum atomic E-state index is 12.5. The first-order valence-corrected chi connectivity index (χ1v) is 7.25. The zero-order valence-electron chi connectivity index (χ0n) is 12.3. The zero-order valence-corrected chi connectivity index (χ0v) is 12.3. The van der Waals surface area contributed by atoms with E-state index in [9.17, 15) is 14.4 Å². The summed E-state index contributed by atoms with van der Waals surface area (Å²) in [5.74, 6) is -0.616. The van der Waals surface area contributed by atoms with Gasteiger partial charge < -0.3 is 19.2 Å². The molecule has 7 nitrogen and oxygen atoms in total. The summed E-state index contributed by atoms with van der Waals surface area (Å²) in [7, 11) is 0. The van der Waals surface area contributed by atoms with E-state index in [0.717, 1.165) is 6.29 Å². The summed E-state index contributed by atoms with van der Waals surface area (Å²) in [4.78, 5) is 38.9. The Bertz CT molecular complexity index is 470. The highest BCUT2D eigenvalue weighted by Crippen LogP contribution is 2.31. The summed E-state index contributed by atoms with van der Waals surface area (Å²) in [5.41, 5.74) is -0.882. The predicted octanol–water partition coefficient (Wildman–Crippen LogP) is 0.0320. The average molecular weight is 296 g/mol. The quantitative estimate of drug-likeness (QED) is 0.376. The SMILES string of the molecule is CC1(C)C(=O)N(CC(C=O)CC2CO2)C(=O)N1CC1CO1. The van der Waals surface area contributed by atoms with Crippen molar-refractivity contribution in [2.24, 2.45) is 5.92 Å². The molecule has 3 heterocycles. The molecule has 3 aliphatic heterocycles. The average Bonchev–Trinajstić information content (AvgIpc) is 3.33. The number of nitrogens with zero attached hydrogens (tertiary/aromatic N) is 2. The van der Waals surface area contributed by atoms with Crippen molar-refractivity contribution >= 4 is 18.2 Å². The Labute approximate surface area is 123 Å². The number of amides is 3. The Morgan fingerprint density at radius 1 is 1.29 bits per heavy atom. The number of carbonyl (C=O) groups is 3. The molecule has 0 aromatic rings. The van der Waals surface area contributed by atoms with Crippen LogP contribution in [0.3, 0.4) is 0 Å². The highest BCUT2D eigenvalue weighted by atomic mass is 16.6. The molecule has 7 heteroatoms. The van der Waals surface area contributed by atoms with Crippen molar-refractivity contribution in [1.29, 1.82) is 0 Å². The van der Waals surface area contributed by atoms with Gasteiger partial charge in [0.05, 0.1) is 32.0 Å². The van der Waals surface area contributed by atoms with Gasteiger partial charge in [0.25, 0.3) is 5.91 Å². The van der Waals surface area contributed by atoms with Crippen LogP contribution in [0, 0.1) is 5.92 Å². The number of hydrogen-bond donors (Lipinski definition) is 0. The lowest BCUT2D eigenvalue weighted by Gasteiger charge is -2.26. The first-order chi connectivity index (χ1) is 9.93. The third kappa shape index (κ3) is 2.80. The third-order valence-corrected chi connectivity index (χ3v) is 4.27. The lowest BCUT2D eigenvalue weighted by molar-refractivity contribution is -0.132. The first-order valence-electron chi connectivity index (χ1n) is 7.25. The molecule has 0 aromatic heterocycles. The molecule has 0 spiro atoms. The Hall–Kier alpha value is -1.47. The van der Waals surface area contributed by atoms with Gasteiger partial charge in [-0.3, -0.25) is 9.69 Å². The van der Waals surface area contributed by atoms with E-state index in [0.29, 0.717) is 26.2 Å². The van der Waals surface area contributed by atoms with Crippen LogP contribution in [-0.4, -0.2) is 72.1 Å². The van der Waals surface area contributed by atoms with Gasteiger partial charge in [-0.1, -0.05) is 0 Å². The smallest absolute Gasteiger partial charge is 0.327 e. The molecule has 3 fully saturated rings. The van der Waals surface area contributed by atoms with Crippen LogP contribution in [0.1, 0.15) is 20.3 Å². The van der Waals surface area contributed by atoms with E-state index in [4.69, 9.17) is 9.47 Å². The number of aldehydes is 1. The van der Waals surface area contributed by atoms with Crippen molar-refractivity contribution in [3.05, 3.63) is 0 Å². The molecule has 0 saturated carbocycles. The summed E-state index contributed by atoms with van der Waals surface area (Å²) in [6, 6.07) is -0.330. The fourth-order valence-electron chi connectivity index (χ4n) is 2.71. The molecule has 3 saturated heterocycles. The summed E-state index contributed by atoms with van der Waals surface area (Å²) in [6.45, 7) is 5.30. The number of rotatable bonds is 7. The van der Waals surface area contributed by atoms with Gasteiger partial charge in [-0.05, 0) is 20.3 Å². The van der Waals surface area contributed by atoms with Crippen LogP contribution in [0.2, 0.25) is 0 Å². The van der Waals surface area contributed by atoms with Gasteiger partial charge in [0, 0.05) is 12.5 Å². The Morgan fingerprint density at radius 2 is 1.90 bits per heavy atom. The number of imide groups is 1. The molecule has 3 amide bonds. The van der Waals surface area contributed by atoms with Crippen LogP contribution in [0.4, 0.5) is 4.79 Å². The Morgan fingerprint density at radius 3 is 2.43 bits per heavy atom. The standard InChI is InChI=1S/C14H20N2O5/c1-14(2)12(18)15(4-9(6-17)3-10-7-20-10)13(19)16(14)5-11-8-21-11/h6,9-11H,3-5,7-8H2,1-2H3. The molecule has 21 heavy (non-hydrogen) atoms. The van der Waals surface area contributed by atoms with Gasteiger partial charge in [-0.2, -0.15) is 0 Å². The second kappa shape index (κ2) is 5.06. The van der Waals surface area contributed by atoms with E-state index in [1.165, 1.54) is 4.90 Å². The molecule has 116 valence electrons. The number of hydrogen-bond acceptors (Lipinski definition) is 5. The van der Waals surface area contributed by atoms with Crippen LogP contribution in [-0.2, 0) is 19.1 Å². The van der Waals surface area contributed by atoms with Crippen LogP contribution in [0.25, 0.3) is 0 Å². The minimum Gasteiger partial charge on any atom is -0.373 e. The van der Waals surface area contributed by atoms with Gasteiger partial charge in [-0.15, -0.1) is 0 Å². The molecule has 0 N–H and O–H groups in total. The monoisotopic (exact) mass is 296 g/mol. The van der Waals surface area contributed by atoms with E-state index in [2.05, 4.69) is 0 Å². The van der Waals surface area contributed by atoms with Crippen molar-refractivity contribution in [2.45, 2.75) is 38.0 Å². The van der Waals surface area contributed by atoms with Gasteiger partial charge in [0.2, 0.25) is 0 Å². The van der Waals surface area contributed by atoms with E-state index in [1.807, 2.05) is 0 Å². The lowest BCUT2D eigenvalue weighted by Crippen LogP contribution is -2.45. The lowest BCUT2D eigenvalue weighted by atomic mass is 10.0. The normalized spacial score (nSPS) is 31.5. The molecular weight excluding hydrogens is 276 g/mol. The molecular formula is C14H20N2O5. The highest BCUT2D eigenvalue weighted by molar-refractivity contribution is 6.06. The summed E-state index contributed by atoms with van der Waals surface area (Å²) in [5, 5.41) is 0. The summed E-state index contributed by atoms with van der Waals surface area (Å²) in [6.07, 6.45) is 1.49. The zero-order chi connectivity index (χ0) is 15.2. The van der Waals surface area contributed by atoms with Crippen molar-refractivity contribution in [1.82, 2.24) is 9.80 Å². The van der Waals surface area contributed by atoms with Gasteiger partial charge in [0.1, 0.15) is 11.8 Å². The van der Waals surface area contributed by atoms with E-state index in [-0.39, 0.29) is 36.6 Å². The predicted molar refractivity (Wildman–Crippen MR) is 71.5 cm³/mol. The Balaban J connectivity index is 1.69. The molecule has 3 aliphatic rings. The largest absolute Gasteiger partial charge is 0.373 e.